The summed E-state index contributed by atoms with van der Waals surface area (Å²) < 4.78 is 14.6. The van der Waals surface area contributed by atoms with Crippen LogP contribution in [0.3, 0.4) is 0 Å². The average Bonchev–Trinajstić information content (AvgIpc) is 2.93. The zero-order valence-electron chi connectivity index (χ0n) is 18.6. The van der Waals surface area contributed by atoms with Crippen molar-refractivity contribution < 1.29 is 4.57 Å². The highest BCUT2D eigenvalue weighted by molar-refractivity contribution is 7.85. The summed E-state index contributed by atoms with van der Waals surface area (Å²) in [7, 11) is -2.96. The van der Waals surface area contributed by atoms with Crippen LogP contribution in [-0.4, -0.2) is 0 Å². The molecule has 6 rings (SSSR count). The molecule has 1 atom stereocenters. The third-order valence-electron chi connectivity index (χ3n) is 6.58. The fraction of sp³-hybridized carbons (Fsp3) is 0.0323. The van der Waals surface area contributed by atoms with Crippen LogP contribution < -0.4 is 21.2 Å². The lowest BCUT2D eigenvalue weighted by Crippen LogP contribution is -2.25. The summed E-state index contributed by atoms with van der Waals surface area (Å²) in [6.45, 7) is 0. The molecule has 34 heavy (non-hydrogen) atoms. The minimum atomic E-state index is -2.96. The van der Waals surface area contributed by atoms with Crippen LogP contribution in [0.2, 0.25) is 0 Å². The standard InChI is InChI=1S/C31H24NOP/c33-34(26-10-3-1-4-11-26,27-12-5-2-6-13-27)28-20-17-24(18-21-28)30-22-19-25-16-15-23-9-7-8-14-29(23)31(25)32-30/h1-22,30,32H. The van der Waals surface area contributed by atoms with Crippen molar-refractivity contribution in [3.63, 3.8) is 0 Å². The van der Waals surface area contributed by atoms with E-state index in [0.29, 0.717) is 0 Å². The van der Waals surface area contributed by atoms with Crippen LogP contribution in [0.4, 0.5) is 5.69 Å². The monoisotopic (exact) mass is 457 g/mol. The van der Waals surface area contributed by atoms with Gasteiger partial charge < -0.3 is 9.88 Å². The Balaban J connectivity index is 1.38. The Hall–Kier alpha value is -3.87. The van der Waals surface area contributed by atoms with E-state index in [2.05, 4.69) is 66.0 Å². The van der Waals surface area contributed by atoms with E-state index < -0.39 is 7.14 Å². The largest absolute Gasteiger partial charge is 0.374 e. The molecule has 1 aliphatic heterocycles. The molecule has 0 fully saturated rings. The van der Waals surface area contributed by atoms with Gasteiger partial charge in [0.25, 0.3) is 0 Å². The Labute approximate surface area is 200 Å². The fourth-order valence-corrected chi connectivity index (χ4v) is 7.45. The number of hydrogen-bond acceptors (Lipinski definition) is 2. The van der Waals surface area contributed by atoms with Crippen molar-refractivity contribution in [3.05, 3.63) is 139 Å². The lowest BCUT2D eigenvalue weighted by atomic mass is 9.96. The highest BCUT2D eigenvalue weighted by atomic mass is 31.2. The van der Waals surface area contributed by atoms with Gasteiger partial charge in [0, 0.05) is 21.3 Å². The van der Waals surface area contributed by atoms with Crippen molar-refractivity contribution in [2.45, 2.75) is 6.04 Å². The van der Waals surface area contributed by atoms with Crippen LogP contribution in [0.15, 0.2) is 127 Å². The first-order valence-corrected chi connectivity index (χ1v) is 13.2. The molecule has 1 aliphatic rings. The molecule has 0 aliphatic carbocycles. The summed E-state index contributed by atoms with van der Waals surface area (Å²) >= 11 is 0. The molecule has 0 amide bonds. The highest BCUT2D eigenvalue weighted by Crippen LogP contribution is 2.43. The van der Waals surface area contributed by atoms with Crippen LogP contribution in [0.1, 0.15) is 17.2 Å². The molecule has 1 heterocycles. The second-order valence-electron chi connectivity index (χ2n) is 8.60. The number of rotatable bonds is 4. The molecule has 1 unspecified atom stereocenters. The van der Waals surface area contributed by atoms with Gasteiger partial charge >= 0.3 is 0 Å². The molecule has 0 radical (unpaired) electrons. The van der Waals surface area contributed by atoms with Crippen molar-refractivity contribution in [3.8, 4) is 0 Å². The topological polar surface area (TPSA) is 29.1 Å². The van der Waals surface area contributed by atoms with E-state index in [1.807, 2.05) is 72.8 Å². The van der Waals surface area contributed by atoms with E-state index in [0.717, 1.165) is 27.2 Å². The zero-order valence-corrected chi connectivity index (χ0v) is 19.5. The van der Waals surface area contributed by atoms with Crippen molar-refractivity contribution in [2.24, 2.45) is 0 Å². The Morgan fingerprint density at radius 3 is 1.85 bits per heavy atom. The van der Waals surface area contributed by atoms with Crippen LogP contribution >= 0.6 is 7.14 Å². The second-order valence-corrected chi connectivity index (χ2v) is 11.4. The van der Waals surface area contributed by atoms with Crippen molar-refractivity contribution in [1.82, 2.24) is 0 Å². The summed E-state index contributed by atoms with van der Waals surface area (Å²) in [5.74, 6) is 0. The quantitative estimate of drug-likeness (QED) is 0.306. The third kappa shape index (κ3) is 3.48. The number of benzene rings is 5. The number of fused-ring (bicyclic) bond motifs is 3. The number of hydrogen-bond donors (Lipinski definition) is 1. The average molecular weight is 458 g/mol. The van der Waals surface area contributed by atoms with Gasteiger partial charge in [-0.3, -0.25) is 0 Å². The lowest BCUT2D eigenvalue weighted by Gasteiger charge is -2.25. The van der Waals surface area contributed by atoms with Gasteiger partial charge in [0.15, 0.2) is 7.14 Å². The van der Waals surface area contributed by atoms with Gasteiger partial charge in [-0.05, 0) is 16.5 Å². The first-order valence-electron chi connectivity index (χ1n) is 11.5. The predicted molar refractivity (Wildman–Crippen MR) is 145 cm³/mol. The Morgan fingerprint density at radius 1 is 0.588 bits per heavy atom. The third-order valence-corrected chi connectivity index (χ3v) is 9.66. The highest BCUT2D eigenvalue weighted by Gasteiger charge is 2.29. The maximum Gasteiger partial charge on any atom is 0.171 e. The minimum Gasteiger partial charge on any atom is -0.374 e. The zero-order chi connectivity index (χ0) is 23.0. The number of anilines is 1. The molecule has 0 saturated heterocycles. The second kappa shape index (κ2) is 8.48. The minimum absolute atomic E-state index is 0.0557. The van der Waals surface area contributed by atoms with E-state index in [4.69, 9.17) is 0 Å². The van der Waals surface area contributed by atoms with Gasteiger partial charge in [0.1, 0.15) is 0 Å². The predicted octanol–water partition coefficient (Wildman–Crippen LogP) is 6.66. The Kier molecular flexibility index (Phi) is 5.17. The van der Waals surface area contributed by atoms with Gasteiger partial charge in [-0.2, -0.15) is 0 Å². The molecule has 5 aromatic carbocycles. The normalized spacial score (nSPS) is 15.0. The molecule has 5 aromatic rings. The van der Waals surface area contributed by atoms with Crippen molar-refractivity contribution in [2.75, 3.05) is 5.32 Å². The molecular formula is C31H24NOP. The molecule has 1 N–H and O–H groups in total. The molecule has 3 heteroatoms. The van der Waals surface area contributed by atoms with Crippen LogP contribution in [0.5, 0.6) is 0 Å². The van der Waals surface area contributed by atoms with E-state index in [1.165, 1.54) is 16.3 Å². The summed E-state index contributed by atoms with van der Waals surface area (Å²) in [4.78, 5) is 0. The van der Waals surface area contributed by atoms with E-state index in [9.17, 15) is 4.57 Å². The maximum absolute atomic E-state index is 14.6. The van der Waals surface area contributed by atoms with E-state index >= 15 is 0 Å². The van der Waals surface area contributed by atoms with Crippen molar-refractivity contribution in [1.29, 1.82) is 0 Å². The van der Waals surface area contributed by atoms with Crippen LogP contribution in [-0.2, 0) is 4.57 Å². The first-order chi connectivity index (χ1) is 16.7. The molecule has 0 spiro atoms. The maximum atomic E-state index is 14.6. The smallest absolute Gasteiger partial charge is 0.171 e. The molecule has 0 saturated carbocycles. The molecule has 0 aromatic heterocycles. The summed E-state index contributed by atoms with van der Waals surface area (Å²) in [6.07, 6.45) is 4.38. The Morgan fingerprint density at radius 2 is 1.18 bits per heavy atom. The van der Waals surface area contributed by atoms with Gasteiger partial charge in [-0.15, -0.1) is 0 Å². The van der Waals surface area contributed by atoms with Gasteiger partial charge in [-0.1, -0.05) is 133 Å². The molecule has 0 bridgehead atoms. The van der Waals surface area contributed by atoms with Gasteiger partial charge in [-0.25, -0.2) is 0 Å². The van der Waals surface area contributed by atoms with E-state index in [1.54, 1.807) is 0 Å². The van der Waals surface area contributed by atoms with Crippen LogP contribution in [0, 0.1) is 0 Å². The van der Waals surface area contributed by atoms with Gasteiger partial charge in [0.2, 0.25) is 0 Å². The summed E-state index contributed by atoms with van der Waals surface area (Å²) in [5.41, 5.74) is 3.50. The van der Waals surface area contributed by atoms with Crippen LogP contribution in [0.25, 0.3) is 16.8 Å². The van der Waals surface area contributed by atoms with Gasteiger partial charge in [0.05, 0.1) is 11.7 Å². The molecule has 2 nitrogen and oxygen atoms in total. The molecule has 164 valence electrons. The van der Waals surface area contributed by atoms with Crippen molar-refractivity contribution >= 4 is 45.6 Å². The molecular weight excluding hydrogens is 433 g/mol. The first kappa shape index (κ1) is 20.7. The lowest BCUT2D eigenvalue weighted by molar-refractivity contribution is 0.592. The SMILES string of the molecule is O=P(c1ccccc1)(c1ccccc1)c1ccc(C2C=Cc3ccc4ccccc4c3N2)cc1. The summed E-state index contributed by atoms with van der Waals surface area (Å²) in [5, 5.41) is 8.72. The Bertz CT molecular complexity index is 1500. The summed E-state index contributed by atoms with van der Waals surface area (Å²) in [6, 6.07) is 40.7. The number of nitrogens with one attached hydrogen (secondary N) is 1. The van der Waals surface area contributed by atoms with E-state index in [-0.39, 0.29) is 6.04 Å². The fourth-order valence-electron chi connectivity index (χ4n) is 4.80.